The third kappa shape index (κ3) is 3.09. The average molecular weight is 320 g/mol. The second kappa shape index (κ2) is 6.64. The Bertz CT molecular complexity index is 623. The molecule has 2 unspecified atom stereocenters. The van der Waals surface area contributed by atoms with E-state index in [2.05, 4.69) is 0 Å². The Balaban J connectivity index is 1.68. The standard InChI is InChI=1S/C16H20N2O3S/c17-9-13-7-11(10-21-13)16(20)18-5-1-3-12(18)8-14(19)15-4-2-6-22-15/h2,4,6-7,10,12,14,19H,1,3,5,8-9,17H2. The lowest BCUT2D eigenvalue weighted by Gasteiger charge is -2.26. The molecule has 2 aromatic heterocycles. The number of carbonyl (C=O) groups excluding carboxylic acids is 1. The summed E-state index contributed by atoms with van der Waals surface area (Å²) < 4.78 is 5.25. The fourth-order valence-corrected chi connectivity index (χ4v) is 3.69. The average Bonchev–Trinajstić information content (AvgIpc) is 3.26. The molecule has 0 saturated carbocycles. The minimum Gasteiger partial charge on any atom is -0.467 e. The van der Waals surface area contributed by atoms with Crippen molar-refractivity contribution < 1.29 is 14.3 Å². The van der Waals surface area contributed by atoms with Crippen LogP contribution in [-0.2, 0) is 6.54 Å². The zero-order valence-corrected chi connectivity index (χ0v) is 13.1. The van der Waals surface area contributed by atoms with E-state index in [1.807, 2.05) is 22.4 Å². The van der Waals surface area contributed by atoms with Crippen LogP contribution in [0.25, 0.3) is 0 Å². The Morgan fingerprint density at radius 2 is 2.45 bits per heavy atom. The molecule has 1 amide bonds. The first-order valence-corrected chi connectivity index (χ1v) is 8.37. The maximum Gasteiger partial charge on any atom is 0.257 e. The normalized spacial score (nSPS) is 19.5. The summed E-state index contributed by atoms with van der Waals surface area (Å²) in [6, 6.07) is 5.63. The topological polar surface area (TPSA) is 79.7 Å². The molecule has 2 atom stereocenters. The molecule has 118 valence electrons. The molecule has 3 rings (SSSR count). The Kier molecular flexibility index (Phi) is 4.61. The number of aliphatic hydroxyl groups excluding tert-OH is 1. The van der Waals surface area contributed by atoms with E-state index in [0.29, 0.717) is 17.7 Å². The van der Waals surface area contributed by atoms with Gasteiger partial charge in [0, 0.05) is 17.5 Å². The van der Waals surface area contributed by atoms with Crippen LogP contribution in [0.5, 0.6) is 0 Å². The number of rotatable bonds is 5. The van der Waals surface area contributed by atoms with Crippen molar-refractivity contribution in [3.05, 3.63) is 46.0 Å². The van der Waals surface area contributed by atoms with Crippen molar-refractivity contribution in [3.63, 3.8) is 0 Å². The predicted octanol–water partition coefficient (Wildman–Crippen LogP) is 2.53. The minimum atomic E-state index is -0.512. The number of hydrogen-bond donors (Lipinski definition) is 2. The lowest BCUT2D eigenvalue weighted by atomic mass is 10.1. The van der Waals surface area contributed by atoms with Gasteiger partial charge in [0.1, 0.15) is 12.0 Å². The van der Waals surface area contributed by atoms with E-state index in [1.54, 1.807) is 17.4 Å². The highest BCUT2D eigenvalue weighted by molar-refractivity contribution is 7.10. The molecule has 0 aromatic carbocycles. The summed E-state index contributed by atoms with van der Waals surface area (Å²) in [5.74, 6) is 0.571. The molecule has 0 bridgehead atoms. The molecular formula is C16H20N2O3S. The molecule has 2 aromatic rings. The second-order valence-corrected chi connectivity index (χ2v) is 6.55. The Morgan fingerprint density at radius 3 is 3.14 bits per heavy atom. The highest BCUT2D eigenvalue weighted by Crippen LogP contribution is 2.30. The van der Waals surface area contributed by atoms with Crippen LogP contribution in [0.3, 0.4) is 0 Å². The first kappa shape index (κ1) is 15.3. The highest BCUT2D eigenvalue weighted by Gasteiger charge is 2.32. The summed E-state index contributed by atoms with van der Waals surface area (Å²) >= 11 is 1.54. The minimum absolute atomic E-state index is 0.0377. The molecule has 1 saturated heterocycles. The van der Waals surface area contributed by atoms with Crippen molar-refractivity contribution in [1.82, 2.24) is 4.90 Å². The predicted molar refractivity (Wildman–Crippen MR) is 84.6 cm³/mol. The van der Waals surface area contributed by atoms with Crippen LogP contribution >= 0.6 is 11.3 Å². The number of nitrogens with two attached hydrogens (primary N) is 1. The fraction of sp³-hybridized carbons (Fsp3) is 0.438. The molecule has 3 N–H and O–H groups in total. The zero-order chi connectivity index (χ0) is 15.5. The molecule has 1 fully saturated rings. The quantitative estimate of drug-likeness (QED) is 0.887. The van der Waals surface area contributed by atoms with Crippen molar-refractivity contribution in [3.8, 4) is 0 Å². The van der Waals surface area contributed by atoms with Crippen LogP contribution < -0.4 is 5.73 Å². The monoisotopic (exact) mass is 320 g/mol. The molecule has 0 aliphatic carbocycles. The summed E-state index contributed by atoms with van der Waals surface area (Å²) in [5.41, 5.74) is 6.05. The number of amides is 1. The molecule has 3 heterocycles. The summed E-state index contributed by atoms with van der Waals surface area (Å²) in [6.45, 7) is 1.01. The number of hydrogen-bond acceptors (Lipinski definition) is 5. The van der Waals surface area contributed by atoms with E-state index >= 15 is 0 Å². The molecule has 0 radical (unpaired) electrons. The van der Waals surface area contributed by atoms with Gasteiger partial charge in [-0.05, 0) is 36.8 Å². The Morgan fingerprint density at radius 1 is 1.59 bits per heavy atom. The largest absolute Gasteiger partial charge is 0.467 e. The summed E-state index contributed by atoms with van der Waals surface area (Å²) in [7, 11) is 0. The van der Waals surface area contributed by atoms with E-state index in [9.17, 15) is 9.90 Å². The fourth-order valence-electron chi connectivity index (χ4n) is 2.97. The molecule has 1 aliphatic rings. The van der Waals surface area contributed by atoms with E-state index < -0.39 is 6.10 Å². The highest BCUT2D eigenvalue weighted by atomic mass is 32.1. The van der Waals surface area contributed by atoms with Crippen molar-refractivity contribution in [2.24, 2.45) is 5.73 Å². The van der Waals surface area contributed by atoms with Gasteiger partial charge in [0.05, 0.1) is 18.2 Å². The summed E-state index contributed by atoms with van der Waals surface area (Å²) in [5, 5.41) is 12.3. The third-order valence-corrected chi connectivity index (χ3v) is 5.08. The second-order valence-electron chi connectivity index (χ2n) is 5.57. The van der Waals surface area contributed by atoms with E-state index in [1.165, 1.54) is 6.26 Å². The summed E-state index contributed by atoms with van der Waals surface area (Å²) in [6.07, 6.45) is 3.43. The van der Waals surface area contributed by atoms with Gasteiger partial charge in [-0.3, -0.25) is 4.79 Å². The van der Waals surface area contributed by atoms with Gasteiger partial charge in [-0.25, -0.2) is 0 Å². The van der Waals surface area contributed by atoms with E-state index in [4.69, 9.17) is 10.2 Å². The first-order chi connectivity index (χ1) is 10.7. The smallest absolute Gasteiger partial charge is 0.257 e. The van der Waals surface area contributed by atoms with Crippen LogP contribution in [0.1, 0.15) is 46.4 Å². The van der Waals surface area contributed by atoms with Gasteiger partial charge >= 0.3 is 0 Å². The van der Waals surface area contributed by atoms with E-state index in [-0.39, 0.29) is 18.5 Å². The van der Waals surface area contributed by atoms with Crippen LogP contribution in [0.4, 0.5) is 0 Å². The SMILES string of the molecule is NCc1cc(C(=O)N2CCCC2CC(O)c2cccs2)co1. The number of likely N-dealkylation sites (tertiary alicyclic amines) is 1. The van der Waals surface area contributed by atoms with Gasteiger partial charge in [-0.1, -0.05) is 6.07 Å². The Labute approximate surface area is 133 Å². The molecule has 0 spiro atoms. The molecule has 22 heavy (non-hydrogen) atoms. The number of nitrogens with zero attached hydrogens (tertiary/aromatic N) is 1. The summed E-state index contributed by atoms with van der Waals surface area (Å²) in [4.78, 5) is 15.4. The molecule has 5 nitrogen and oxygen atoms in total. The van der Waals surface area contributed by atoms with Crippen LogP contribution in [-0.4, -0.2) is 28.5 Å². The van der Waals surface area contributed by atoms with Gasteiger partial charge in [0.25, 0.3) is 5.91 Å². The van der Waals surface area contributed by atoms with Crippen molar-refractivity contribution in [2.45, 2.75) is 38.0 Å². The molecule has 1 aliphatic heterocycles. The van der Waals surface area contributed by atoms with Crippen molar-refractivity contribution in [2.75, 3.05) is 6.54 Å². The maximum absolute atomic E-state index is 12.6. The van der Waals surface area contributed by atoms with Gasteiger partial charge in [0.2, 0.25) is 0 Å². The Hall–Kier alpha value is -1.63. The molecule has 6 heteroatoms. The van der Waals surface area contributed by atoms with Crippen LogP contribution in [0.2, 0.25) is 0 Å². The molecular weight excluding hydrogens is 300 g/mol. The lowest BCUT2D eigenvalue weighted by Crippen LogP contribution is -2.36. The zero-order valence-electron chi connectivity index (χ0n) is 12.3. The van der Waals surface area contributed by atoms with Gasteiger partial charge in [-0.15, -0.1) is 11.3 Å². The first-order valence-electron chi connectivity index (χ1n) is 7.49. The lowest BCUT2D eigenvalue weighted by molar-refractivity contribution is 0.0669. The number of aliphatic hydroxyl groups is 1. The van der Waals surface area contributed by atoms with Crippen molar-refractivity contribution in [1.29, 1.82) is 0 Å². The van der Waals surface area contributed by atoms with Crippen LogP contribution in [0.15, 0.2) is 34.3 Å². The van der Waals surface area contributed by atoms with Gasteiger partial charge in [-0.2, -0.15) is 0 Å². The van der Waals surface area contributed by atoms with E-state index in [0.717, 1.165) is 24.3 Å². The number of carbonyl (C=O) groups is 1. The van der Waals surface area contributed by atoms with Crippen molar-refractivity contribution >= 4 is 17.2 Å². The maximum atomic E-state index is 12.6. The number of thiophene rings is 1. The number of furan rings is 1. The van der Waals surface area contributed by atoms with Gasteiger partial charge < -0.3 is 20.2 Å². The van der Waals surface area contributed by atoms with Gasteiger partial charge in [0.15, 0.2) is 0 Å². The third-order valence-electron chi connectivity index (χ3n) is 4.11. The van der Waals surface area contributed by atoms with Crippen LogP contribution in [0, 0.1) is 0 Å².